The molecule has 3 aromatic heterocycles. The lowest BCUT2D eigenvalue weighted by molar-refractivity contribution is -0.159. The topological polar surface area (TPSA) is 103 Å². The average Bonchev–Trinajstić information content (AvgIpc) is 3.67. The molecule has 1 N–H and O–H groups in total. The molecule has 2 unspecified atom stereocenters. The van der Waals surface area contributed by atoms with Crippen LogP contribution in [0.4, 0.5) is 4.79 Å². The highest BCUT2D eigenvalue weighted by atomic mass is 16.5. The molecule has 1 spiro atoms. The lowest BCUT2D eigenvalue weighted by Crippen LogP contribution is -2.73. The number of aryl methyl sites for hydroxylation is 2. The Morgan fingerprint density at radius 1 is 1.04 bits per heavy atom. The third-order valence-corrected chi connectivity index (χ3v) is 10.9. The summed E-state index contributed by atoms with van der Waals surface area (Å²) in [5.41, 5.74) is 7.42. The van der Waals surface area contributed by atoms with Gasteiger partial charge >= 0.3 is 6.09 Å². The van der Waals surface area contributed by atoms with Crippen molar-refractivity contribution >= 4 is 27.9 Å². The van der Waals surface area contributed by atoms with Gasteiger partial charge in [-0.25, -0.2) is 14.5 Å². The molecule has 0 bridgehead atoms. The van der Waals surface area contributed by atoms with E-state index < -0.39 is 6.09 Å². The lowest BCUT2D eigenvalue weighted by Gasteiger charge is -2.67. The second-order valence-electron chi connectivity index (χ2n) is 15.0. The molecule has 0 radical (unpaired) electrons. The first-order valence-electron chi connectivity index (χ1n) is 16.5. The van der Waals surface area contributed by atoms with Gasteiger partial charge in [0.25, 0.3) is 0 Å². The summed E-state index contributed by atoms with van der Waals surface area (Å²) in [5.74, 6) is 1.31. The first-order valence-corrected chi connectivity index (χ1v) is 16.5. The minimum atomic E-state index is -0.816. The molecule has 5 heterocycles. The average molecular weight is 622 g/mol. The lowest BCUT2D eigenvalue weighted by atomic mass is 9.48. The minimum absolute atomic E-state index is 0.000726. The van der Waals surface area contributed by atoms with Gasteiger partial charge in [0.1, 0.15) is 5.82 Å². The molecule has 46 heavy (non-hydrogen) atoms. The predicted octanol–water partition coefficient (Wildman–Crippen LogP) is 7.27. The Kier molecular flexibility index (Phi) is 6.46. The highest BCUT2D eigenvalue weighted by Gasteiger charge is 2.64. The van der Waals surface area contributed by atoms with E-state index in [9.17, 15) is 9.90 Å². The zero-order valence-electron chi connectivity index (χ0n) is 27.6. The Balaban J connectivity index is 1.26. The van der Waals surface area contributed by atoms with Gasteiger partial charge in [-0.1, -0.05) is 32.9 Å². The molecular formula is C36H43N7O3. The number of benzene rings is 2. The van der Waals surface area contributed by atoms with Crippen LogP contribution in [0.5, 0.6) is 0 Å². The summed E-state index contributed by atoms with van der Waals surface area (Å²) >= 11 is 0. The van der Waals surface area contributed by atoms with E-state index in [-0.39, 0.29) is 29.0 Å². The van der Waals surface area contributed by atoms with Gasteiger partial charge in [-0.05, 0) is 68.2 Å². The molecule has 10 heteroatoms. The maximum absolute atomic E-state index is 12.1. The van der Waals surface area contributed by atoms with Crippen molar-refractivity contribution in [3.05, 3.63) is 54.1 Å². The molecule has 1 saturated carbocycles. The van der Waals surface area contributed by atoms with Crippen LogP contribution in [-0.4, -0.2) is 64.4 Å². The molecule has 5 aromatic rings. The molecule has 3 fully saturated rings. The summed E-state index contributed by atoms with van der Waals surface area (Å²) in [5, 5.41) is 21.4. The van der Waals surface area contributed by atoms with E-state index in [4.69, 9.17) is 14.8 Å². The van der Waals surface area contributed by atoms with Crippen molar-refractivity contribution in [2.24, 2.45) is 24.9 Å². The van der Waals surface area contributed by atoms with Crippen LogP contribution >= 0.6 is 0 Å². The number of fused-ring (bicyclic) bond motifs is 2. The van der Waals surface area contributed by atoms with Crippen LogP contribution in [0.1, 0.15) is 76.4 Å². The Morgan fingerprint density at radius 2 is 1.83 bits per heavy atom. The van der Waals surface area contributed by atoms with E-state index in [2.05, 4.69) is 79.4 Å². The summed E-state index contributed by atoms with van der Waals surface area (Å²) in [7, 11) is 4.11. The van der Waals surface area contributed by atoms with Gasteiger partial charge < -0.3 is 19.3 Å². The SMILES string of the molecule is Cc1ccc2c(cnn2C2CCCCO2)c1-c1c(-c2ccc3c(cnn3C)c2)nc(C2CC3(C2)CN(C(=O)O)C3C(C)(C)C)n1C. The van der Waals surface area contributed by atoms with Crippen LogP contribution < -0.4 is 0 Å². The van der Waals surface area contributed by atoms with Gasteiger partial charge in [-0.2, -0.15) is 10.2 Å². The number of imidazole rings is 1. The fraction of sp³-hybridized carbons (Fsp3) is 0.500. The molecule has 1 aliphatic carbocycles. The van der Waals surface area contributed by atoms with Gasteiger partial charge in [0, 0.05) is 66.5 Å². The fourth-order valence-corrected chi connectivity index (χ4v) is 9.13. The number of amides is 1. The summed E-state index contributed by atoms with van der Waals surface area (Å²) in [6, 6.07) is 10.9. The maximum Gasteiger partial charge on any atom is 0.407 e. The maximum atomic E-state index is 12.1. The number of hydrogen-bond donors (Lipinski definition) is 1. The molecule has 8 rings (SSSR count). The predicted molar refractivity (Wildman–Crippen MR) is 178 cm³/mol. The number of carboxylic acid groups (broad SMARTS) is 1. The van der Waals surface area contributed by atoms with Crippen LogP contribution in [0.25, 0.3) is 44.3 Å². The van der Waals surface area contributed by atoms with Crippen molar-refractivity contribution in [1.29, 1.82) is 0 Å². The first kappa shape index (κ1) is 29.2. The number of nitrogens with zero attached hydrogens (tertiary/aromatic N) is 7. The van der Waals surface area contributed by atoms with Gasteiger partial charge in [0.2, 0.25) is 0 Å². The zero-order chi connectivity index (χ0) is 32.1. The molecule has 2 aromatic carbocycles. The molecular weight excluding hydrogens is 578 g/mol. The quantitative estimate of drug-likeness (QED) is 0.226. The second-order valence-corrected chi connectivity index (χ2v) is 15.0. The number of carbonyl (C=O) groups is 1. The molecule has 10 nitrogen and oxygen atoms in total. The van der Waals surface area contributed by atoms with Crippen molar-refractivity contribution < 1.29 is 14.6 Å². The smallest absolute Gasteiger partial charge is 0.407 e. The van der Waals surface area contributed by atoms with Crippen LogP contribution in [0.3, 0.4) is 0 Å². The number of aromatic nitrogens is 6. The molecule has 2 saturated heterocycles. The Bertz CT molecular complexity index is 2000. The molecule has 240 valence electrons. The van der Waals surface area contributed by atoms with Crippen molar-refractivity contribution in [3.63, 3.8) is 0 Å². The Hall–Kier alpha value is -4.18. The van der Waals surface area contributed by atoms with E-state index in [1.807, 2.05) is 24.1 Å². The summed E-state index contributed by atoms with van der Waals surface area (Å²) < 4.78 is 12.4. The minimum Gasteiger partial charge on any atom is -0.465 e. The molecule has 3 aliphatic rings. The van der Waals surface area contributed by atoms with Crippen LogP contribution in [-0.2, 0) is 18.8 Å². The highest BCUT2D eigenvalue weighted by Crippen LogP contribution is 2.63. The standard InChI is InChI=1S/C36H43N7O3/c1-21-10-12-27-25(19-38-43(27)28-9-7-8-14-46-28)29(21)31-30(22-11-13-26-23(15-22)18-37-41(26)6)39-32(40(31)5)24-16-36(17-24)20-42(34(44)45)33(36)35(2,3)4/h10-13,15,18-19,24,28,33H,7-9,14,16-17,20H2,1-6H3,(H,44,45). The number of ether oxygens (including phenoxy) is 1. The van der Waals surface area contributed by atoms with Crippen molar-refractivity contribution in [3.8, 4) is 22.5 Å². The largest absolute Gasteiger partial charge is 0.465 e. The summed E-state index contributed by atoms with van der Waals surface area (Å²) in [4.78, 5) is 19.2. The fourth-order valence-electron chi connectivity index (χ4n) is 9.13. The van der Waals surface area contributed by atoms with Crippen molar-refractivity contribution in [2.75, 3.05) is 13.2 Å². The zero-order valence-corrected chi connectivity index (χ0v) is 27.6. The van der Waals surface area contributed by atoms with E-state index in [1.54, 1.807) is 4.90 Å². The van der Waals surface area contributed by atoms with Gasteiger partial charge in [-0.3, -0.25) is 4.68 Å². The Labute approximate surface area is 269 Å². The third-order valence-electron chi connectivity index (χ3n) is 10.9. The van der Waals surface area contributed by atoms with E-state index in [0.29, 0.717) is 6.54 Å². The van der Waals surface area contributed by atoms with Crippen LogP contribution in [0.15, 0.2) is 42.7 Å². The number of hydrogen-bond acceptors (Lipinski definition) is 5. The molecule has 2 aliphatic heterocycles. The van der Waals surface area contributed by atoms with Gasteiger partial charge in [-0.15, -0.1) is 0 Å². The third kappa shape index (κ3) is 4.25. The normalized spacial score (nSPS) is 24.9. The van der Waals surface area contributed by atoms with Gasteiger partial charge in [0.15, 0.2) is 6.23 Å². The van der Waals surface area contributed by atoms with Crippen LogP contribution in [0, 0.1) is 17.8 Å². The highest BCUT2D eigenvalue weighted by molar-refractivity contribution is 6.00. The van der Waals surface area contributed by atoms with E-state index >= 15 is 0 Å². The summed E-state index contributed by atoms with van der Waals surface area (Å²) in [6.45, 7) is 10.0. The first-order chi connectivity index (χ1) is 22.0. The van der Waals surface area contributed by atoms with E-state index in [1.165, 1.54) is 5.56 Å². The molecule has 1 amide bonds. The summed E-state index contributed by atoms with van der Waals surface area (Å²) in [6.07, 6.45) is 8.11. The van der Waals surface area contributed by atoms with E-state index in [0.717, 1.165) is 88.9 Å². The number of rotatable bonds is 4. The Morgan fingerprint density at radius 3 is 2.54 bits per heavy atom. The number of likely N-dealkylation sites (tertiary alicyclic amines) is 1. The van der Waals surface area contributed by atoms with Crippen molar-refractivity contribution in [2.45, 2.75) is 78.0 Å². The van der Waals surface area contributed by atoms with Crippen molar-refractivity contribution in [1.82, 2.24) is 34.0 Å². The monoisotopic (exact) mass is 621 g/mol. The molecule has 2 atom stereocenters. The van der Waals surface area contributed by atoms with Crippen LogP contribution in [0.2, 0.25) is 0 Å². The second kappa shape index (κ2) is 10.2. The van der Waals surface area contributed by atoms with Gasteiger partial charge in [0.05, 0.1) is 34.8 Å².